The number of aliphatic hydroxyl groups is 1. The molecule has 6 rings (SSSR count). The summed E-state index contributed by atoms with van der Waals surface area (Å²) in [4.78, 5) is 13.5. The Balaban J connectivity index is 1.38. The van der Waals surface area contributed by atoms with E-state index in [2.05, 4.69) is 53.4 Å². The molecule has 1 amide bonds. The van der Waals surface area contributed by atoms with E-state index >= 15 is 0 Å². The second-order valence-electron chi connectivity index (χ2n) is 15.2. The number of thiophene rings is 1. The van der Waals surface area contributed by atoms with Crippen molar-refractivity contribution in [1.82, 2.24) is 5.32 Å². The van der Waals surface area contributed by atoms with Crippen molar-refractivity contribution in [2.45, 2.75) is 111 Å². The van der Waals surface area contributed by atoms with E-state index in [0.29, 0.717) is 40.4 Å². The normalized spacial score (nSPS) is 43.8. The topological polar surface area (TPSA) is 49.3 Å². The molecule has 1 aromatic rings. The summed E-state index contributed by atoms with van der Waals surface area (Å²) in [6.07, 6.45) is 10.0. The Hall–Kier alpha value is -1.39. The number of hydrogen-bond acceptors (Lipinski definition) is 3. The number of carbonyl (C=O) groups is 1. The molecule has 5 aliphatic rings. The van der Waals surface area contributed by atoms with E-state index in [1.807, 2.05) is 16.8 Å². The molecule has 0 saturated heterocycles. The lowest BCUT2D eigenvalue weighted by atomic mass is 9.37. The molecule has 8 atom stereocenters. The van der Waals surface area contributed by atoms with Gasteiger partial charge in [-0.25, -0.2) is 0 Å². The highest BCUT2D eigenvalue weighted by molar-refractivity contribution is 7.08. The van der Waals surface area contributed by atoms with Gasteiger partial charge in [0.2, 0.25) is 0 Å². The first-order chi connectivity index (χ1) is 17.8. The second kappa shape index (κ2) is 8.80. The van der Waals surface area contributed by atoms with Crippen LogP contribution in [0.25, 0.3) is 0 Å². The third-order valence-electron chi connectivity index (χ3n) is 12.8. The molecule has 4 heteroatoms. The van der Waals surface area contributed by atoms with Gasteiger partial charge in [0.05, 0.1) is 17.2 Å². The fourth-order valence-corrected chi connectivity index (χ4v) is 12.0. The molecule has 1 heterocycles. The highest BCUT2D eigenvalue weighted by atomic mass is 32.1. The van der Waals surface area contributed by atoms with Gasteiger partial charge in [-0.2, -0.15) is 11.3 Å². The maximum absolute atomic E-state index is 13.5. The molecule has 38 heavy (non-hydrogen) atoms. The first-order valence-electron chi connectivity index (χ1n) is 15.3. The molecule has 0 radical (unpaired) electrons. The smallest absolute Gasteiger partial charge is 0.252 e. The molecule has 0 aromatic carbocycles. The van der Waals surface area contributed by atoms with Gasteiger partial charge in [0.25, 0.3) is 5.91 Å². The molecule has 4 saturated carbocycles. The molecular formula is C34H49NO2S. The van der Waals surface area contributed by atoms with Gasteiger partial charge in [-0.1, -0.05) is 48.1 Å². The minimum atomic E-state index is -0.266. The van der Waals surface area contributed by atoms with Gasteiger partial charge in [0.1, 0.15) is 0 Å². The van der Waals surface area contributed by atoms with Crippen LogP contribution < -0.4 is 5.32 Å². The predicted octanol–water partition coefficient (Wildman–Crippen LogP) is 8.17. The Kier molecular flexibility index (Phi) is 6.21. The Labute approximate surface area is 234 Å². The van der Waals surface area contributed by atoms with E-state index in [4.69, 9.17) is 0 Å². The number of amides is 1. The second-order valence-corrected chi connectivity index (χ2v) is 16.0. The van der Waals surface area contributed by atoms with Crippen molar-refractivity contribution in [2.75, 3.05) is 0 Å². The number of allylic oxidation sites excluding steroid dienone is 1. The van der Waals surface area contributed by atoms with E-state index in [9.17, 15) is 9.90 Å². The van der Waals surface area contributed by atoms with Gasteiger partial charge < -0.3 is 10.4 Å². The lowest BCUT2D eigenvalue weighted by Gasteiger charge is -2.68. The highest BCUT2D eigenvalue weighted by Crippen LogP contribution is 2.72. The van der Waals surface area contributed by atoms with Gasteiger partial charge in [-0.15, -0.1) is 0 Å². The highest BCUT2D eigenvalue weighted by Gasteiger charge is 2.66. The average molecular weight is 536 g/mol. The Morgan fingerprint density at radius 1 is 1.03 bits per heavy atom. The van der Waals surface area contributed by atoms with E-state index < -0.39 is 0 Å². The maximum atomic E-state index is 13.5. The van der Waals surface area contributed by atoms with Gasteiger partial charge >= 0.3 is 0 Å². The van der Waals surface area contributed by atoms with Crippen molar-refractivity contribution in [3.8, 4) is 0 Å². The van der Waals surface area contributed by atoms with Gasteiger partial charge in [0.15, 0.2) is 0 Å². The molecule has 0 aliphatic heterocycles. The summed E-state index contributed by atoms with van der Waals surface area (Å²) in [5, 5.41) is 18.6. The Morgan fingerprint density at radius 3 is 2.45 bits per heavy atom. The molecule has 5 aliphatic carbocycles. The SMILES string of the molecule is C=C1CC2(NC(=O)c3ccsc3)CCC3C(CCC4C3(C)CCC3C(C)(C)C(O)CCC34C)C2=C1C(C)C. The molecule has 3 nitrogen and oxygen atoms in total. The van der Waals surface area contributed by atoms with Crippen LogP contribution in [-0.2, 0) is 0 Å². The van der Waals surface area contributed by atoms with Crippen molar-refractivity contribution in [1.29, 1.82) is 0 Å². The third kappa shape index (κ3) is 3.57. The molecule has 8 unspecified atom stereocenters. The first kappa shape index (κ1) is 26.8. The van der Waals surface area contributed by atoms with E-state index in [1.165, 1.54) is 43.3 Å². The number of nitrogens with one attached hydrogen (secondary N) is 1. The van der Waals surface area contributed by atoms with Crippen LogP contribution in [0, 0.1) is 45.8 Å². The Morgan fingerprint density at radius 2 is 1.76 bits per heavy atom. The zero-order chi connectivity index (χ0) is 27.3. The largest absolute Gasteiger partial charge is 0.393 e. The van der Waals surface area contributed by atoms with Crippen molar-refractivity contribution >= 4 is 17.2 Å². The van der Waals surface area contributed by atoms with Crippen molar-refractivity contribution in [3.63, 3.8) is 0 Å². The Bertz CT molecular complexity index is 1160. The van der Waals surface area contributed by atoms with Crippen LogP contribution in [0.5, 0.6) is 0 Å². The van der Waals surface area contributed by atoms with Crippen LogP contribution in [0.1, 0.15) is 110 Å². The number of fused-ring (bicyclic) bond motifs is 7. The summed E-state index contributed by atoms with van der Waals surface area (Å²) in [5.41, 5.74) is 5.42. The predicted molar refractivity (Wildman–Crippen MR) is 157 cm³/mol. The lowest BCUT2D eigenvalue weighted by Crippen LogP contribution is -2.64. The monoisotopic (exact) mass is 535 g/mol. The average Bonchev–Trinajstić information content (AvgIpc) is 3.47. The van der Waals surface area contributed by atoms with Crippen LogP contribution in [0.3, 0.4) is 0 Å². The standard InChI is InChI=1S/C34H49NO2S/c1-20(2)28-21(3)18-34(35-30(37)22-13-17-38-19-22)16-10-24-23(29(28)34)8-9-26-32(24,6)14-11-25-31(4,5)27(36)12-15-33(25,26)7/h13,17,19-20,23-27,36H,3,8-12,14-16,18H2,1-2,4-7H3,(H,35,37). The molecule has 208 valence electrons. The van der Waals surface area contributed by atoms with Gasteiger partial charge in [-0.3, -0.25) is 4.79 Å². The van der Waals surface area contributed by atoms with Crippen molar-refractivity contribution in [3.05, 3.63) is 45.7 Å². The quantitative estimate of drug-likeness (QED) is 0.410. The van der Waals surface area contributed by atoms with Crippen LogP contribution in [0.4, 0.5) is 0 Å². The van der Waals surface area contributed by atoms with E-state index in [1.54, 1.807) is 16.9 Å². The molecule has 2 N–H and O–H groups in total. The maximum Gasteiger partial charge on any atom is 0.252 e. The van der Waals surface area contributed by atoms with E-state index in [-0.39, 0.29) is 23.0 Å². The molecular weight excluding hydrogens is 486 g/mol. The number of rotatable bonds is 3. The summed E-state index contributed by atoms with van der Waals surface area (Å²) >= 11 is 1.59. The summed E-state index contributed by atoms with van der Waals surface area (Å²) in [7, 11) is 0. The van der Waals surface area contributed by atoms with Gasteiger partial charge in [-0.05, 0) is 132 Å². The summed E-state index contributed by atoms with van der Waals surface area (Å²) < 4.78 is 0. The van der Waals surface area contributed by atoms with Crippen LogP contribution in [0.2, 0.25) is 0 Å². The lowest BCUT2D eigenvalue weighted by molar-refractivity contribution is -0.202. The van der Waals surface area contributed by atoms with Crippen LogP contribution in [-0.4, -0.2) is 22.7 Å². The fourth-order valence-electron chi connectivity index (χ4n) is 11.3. The van der Waals surface area contributed by atoms with Crippen molar-refractivity contribution in [2.24, 2.45) is 45.8 Å². The minimum absolute atomic E-state index is 0.00459. The molecule has 0 spiro atoms. The molecule has 0 bridgehead atoms. The molecule has 1 aromatic heterocycles. The van der Waals surface area contributed by atoms with E-state index in [0.717, 1.165) is 31.2 Å². The zero-order valence-corrected chi connectivity index (χ0v) is 25.3. The van der Waals surface area contributed by atoms with Crippen LogP contribution in [0.15, 0.2) is 40.1 Å². The molecule has 4 fully saturated rings. The zero-order valence-electron chi connectivity index (χ0n) is 24.5. The van der Waals surface area contributed by atoms with Crippen molar-refractivity contribution < 1.29 is 9.90 Å². The summed E-state index contributed by atoms with van der Waals surface area (Å²) in [6, 6.07) is 1.95. The number of carbonyl (C=O) groups excluding carboxylic acids is 1. The third-order valence-corrected chi connectivity index (χ3v) is 13.5. The minimum Gasteiger partial charge on any atom is -0.393 e. The summed E-state index contributed by atoms with van der Waals surface area (Å²) in [5.74, 6) is 3.01. The van der Waals surface area contributed by atoms with Gasteiger partial charge in [0, 0.05) is 5.38 Å². The first-order valence-corrected chi connectivity index (χ1v) is 16.2. The fraction of sp³-hybridized carbons (Fsp3) is 0.735. The summed E-state index contributed by atoms with van der Waals surface area (Å²) in [6.45, 7) is 19.1. The van der Waals surface area contributed by atoms with Crippen LogP contribution >= 0.6 is 11.3 Å². The number of hydrogen-bond donors (Lipinski definition) is 2. The number of aliphatic hydroxyl groups excluding tert-OH is 1.